The Morgan fingerprint density at radius 3 is 1.74 bits per heavy atom. The van der Waals surface area contributed by atoms with Gasteiger partial charge in [0.1, 0.15) is 11.2 Å². The van der Waals surface area contributed by atoms with Crippen molar-refractivity contribution >= 4 is 32.7 Å². The van der Waals surface area contributed by atoms with E-state index in [1.165, 1.54) is 55.3 Å². The average molecular weight is 445 g/mol. The summed E-state index contributed by atoms with van der Waals surface area (Å²) >= 11 is 0. The van der Waals surface area contributed by atoms with Crippen molar-refractivity contribution in [3.8, 4) is 44.5 Å². The first-order chi connectivity index (χ1) is 17.3. The van der Waals surface area contributed by atoms with Crippen LogP contribution in [-0.2, 0) is 0 Å². The van der Waals surface area contributed by atoms with Crippen LogP contribution in [0.1, 0.15) is 0 Å². The second-order valence-electron chi connectivity index (χ2n) is 9.36. The van der Waals surface area contributed by atoms with E-state index in [9.17, 15) is 0 Å². The van der Waals surface area contributed by atoms with Crippen molar-refractivity contribution in [2.45, 2.75) is 0 Å². The maximum atomic E-state index is 6.20. The third-order valence-corrected chi connectivity index (χ3v) is 7.39. The van der Waals surface area contributed by atoms with E-state index in [0.29, 0.717) is 0 Å². The summed E-state index contributed by atoms with van der Waals surface area (Å²) in [6.45, 7) is 0. The topological polar surface area (TPSA) is 13.1 Å². The van der Waals surface area contributed by atoms with Crippen LogP contribution in [0.5, 0.6) is 0 Å². The Bertz CT molecular complexity index is 1940. The summed E-state index contributed by atoms with van der Waals surface area (Å²) in [6, 6.07) is 43.7. The first kappa shape index (κ1) is 18.8. The number of fused-ring (bicyclic) bond motifs is 6. The normalized spacial score (nSPS) is 12.0. The molecule has 0 saturated carbocycles. The van der Waals surface area contributed by atoms with Gasteiger partial charge in [-0.25, -0.2) is 0 Å². The molecule has 0 atom stereocenters. The third kappa shape index (κ3) is 2.70. The van der Waals surface area contributed by atoms with Gasteiger partial charge in [-0.1, -0.05) is 84.9 Å². The van der Waals surface area contributed by atoms with Crippen LogP contribution in [0.2, 0.25) is 0 Å². The van der Waals surface area contributed by atoms with E-state index in [1.807, 2.05) is 0 Å². The van der Waals surface area contributed by atoms with Crippen molar-refractivity contribution in [3.05, 3.63) is 121 Å². The van der Waals surface area contributed by atoms with Crippen molar-refractivity contribution in [1.82, 2.24) is 0 Å². The predicted molar refractivity (Wildman–Crippen MR) is 147 cm³/mol. The van der Waals surface area contributed by atoms with E-state index in [1.54, 1.807) is 0 Å². The Balaban J connectivity index is 1.35. The number of furan rings is 1. The minimum atomic E-state index is 0.923. The molecule has 8 rings (SSSR count). The molecular weight excluding hydrogens is 424 g/mol. The van der Waals surface area contributed by atoms with Crippen molar-refractivity contribution in [1.29, 1.82) is 0 Å². The van der Waals surface area contributed by atoms with E-state index in [2.05, 4.69) is 121 Å². The number of hydrogen-bond donors (Lipinski definition) is 0. The minimum absolute atomic E-state index is 0.923. The molecule has 0 bridgehead atoms. The number of hydrogen-bond acceptors (Lipinski definition) is 1. The Labute approximate surface area is 202 Å². The van der Waals surface area contributed by atoms with Gasteiger partial charge in [0.15, 0.2) is 0 Å². The fourth-order valence-corrected chi connectivity index (χ4v) is 5.75. The van der Waals surface area contributed by atoms with Crippen LogP contribution in [0.25, 0.3) is 77.2 Å². The minimum Gasteiger partial charge on any atom is -0.456 e. The molecule has 0 N–H and O–H groups in total. The smallest absolute Gasteiger partial charge is 0.135 e. The van der Waals surface area contributed by atoms with E-state index in [-0.39, 0.29) is 0 Å². The third-order valence-electron chi connectivity index (χ3n) is 7.39. The monoisotopic (exact) mass is 444 g/mol. The standard InChI is InChI=1S/C34H20O/c1-2-7-21(8-3-1)22-13-15-32-29(18-22)30-19-23(14-16-33(30)35-32)25-17-24-9-6-12-28-26-10-4-5-11-27(26)31(20-25)34(24)28/h1-20H. The molecule has 35 heavy (non-hydrogen) atoms. The highest BCUT2D eigenvalue weighted by atomic mass is 16.3. The van der Waals surface area contributed by atoms with Crippen LogP contribution in [0.15, 0.2) is 126 Å². The second kappa shape index (κ2) is 6.94. The molecule has 0 spiro atoms. The SMILES string of the molecule is c1ccc(-c2ccc3oc4ccc(-c5cc6c7c(cccc7c5)-c5ccccc5-6)cc4c3c2)cc1. The van der Waals surface area contributed by atoms with E-state index in [0.717, 1.165) is 21.9 Å². The maximum absolute atomic E-state index is 6.20. The molecular formula is C34H20O. The lowest BCUT2D eigenvalue weighted by atomic mass is 9.95. The molecule has 0 amide bonds. The van der Waals surface area contributed by atoms with Gasteiger partial charge in [0.25, 0.3) is 0 Å². The van der Waals surface area contributed by atoms with Gasteiger partial charge in [-0.3, -0.25) is 0 Å². The molecule has 1 heteroatoms. The molecule has 0 radical (unpaired) electrons. The Morgan fingerprint density at radius 1 is 0.371 bits per heavy atom. The Kier molecular flexibility index (Phi) is 3.72. The van der Waals surface area contributed by atoms with Crippen LogP contribution < -0.4 is 0 Å². The zero-order valence-electron chi connectivity index (χ0n) is 19.0. The Hall–Kier alpha value is -4.62. The van der Waals surface area contributed by atoms with Gasteiger partial charge in [0, 0.05) is 10.8 Å². The average Bonchev–Trinajstić information content (AvgIpc) is 3.45. The molecule has 1 aliphatic carbocycles. The lowest BCUT2D eigenvalue weighted by molar-refractivity contribution is 0.669. The van der Waals surface area contributed by atoms with Gasteiger partial charge in [-0.05, 0) is 91.7 Å². The van der Waals surface area contributed by atoms with E-state index >= 15 is 0 Å². The van der Waals surface area contributed by atoms with Crippen LogP contribution in [0, 0.1) is 0 Å². The van der Waals surface area contributed by atoms with Crippen molar-refractivity contribution in [2.75, 3.05) is 0 Å². The van der Waals surface area contributed by atoms with Crippen molar-refractivity contribution in [3.63, 3.8) is 0 Å². The van der Waals surface area contributed by atoms with Gasteiger partial charge in [-0.15, -0.1) is 0 Å². The zero-order valence-corrected chi connectivity index (χ0v) is 19.0. The molecule has 1 aliphatic rings. The van der Waals surface area contributed by atoms with Crippen molar-refractivity contribution < 1.29 is 4.42 Å². The van der Waals surface area contributed by atoms with Gasteiger partial charge >= 0.3 is 0 Å². The summed E-state index contributed by atoms with van der Waals surface area (Å²) in [5, 5.41) is 4.96. The molecule has 162 valence electrons. The summed E-state index contributed by atoms with van der Waals surface area (Å²) < 4.78 is 6.20. The fraction of sp³-hybridized carbons (Fsp3) is 0. The summed E-state index contributed by atoms with van der Waals surface area (Å²) in [5.41, 5.74) is 12.0. The Morgan fingerprint density at radius 2 is 1.00 bits per heavy atom. The largest absolute Gasteiger partial charge is 0.456 e. The summed E-state index contributed by atoms with van der Waals surface area (Å²) in [7, 11) is 0. The molecule has 1 nitrogen and oxygen atoms in total. The predicted octanol–water partition coefficient (Wildman–Crippen LogP) is 9.72. The number of benzene rings is 6. The molecule has 0 fully saturated rings. The van der Waals surface area contributed by atoms with Gasteiger partial charge < -0.3 is 4.42 Å². The second-order valence-corrected chi connectivity index (χ2v) is 9.36. The maximum Gasteiger partial charge on any atom is 0.135 e. The van der Waals surface area contributed by atoms with Crippen molar-refractivity contribution in [2.24, 2.45) is 0 Å². The molecule has 1 aromatic heterocycles. The lowest BCUT2D eigenvalue weighted by Crippen LogP contribution is -1.82. The van der Waals surface area contributed by atoms with Crippen LogP contribution in [0.4, 0.5) is 0 Å². The van der Waals surface area contributed by atoms with Gasteiger partial charge in [0.2, 0.25) is 0 Å². The van der Waals surface area contributed by atoms with Gasteiger partial charge in [-0.2, -0.15) is 0 Å². The quantitative estimate of drug-likeness (QED) is 0.259. The van der Waals surface area contributed by atoms with Gasteiger partial charge in [0.05, 0.1) is 0 Å². The first-order valence-corrected chi connectivity index (χ1v) is 12.0. The van der Waals surface area contributed by atoms with E-state index < -0.39 is 0 Å². The zero-order chi connectivity index (χ0) is 22.9. The summed E-state index contributed by atoms with van der Waals surface area (Å²) in [5.74, 6) is 0. The lowest BCUT2D eigenvalue weighted by Gasteiger charge is -2.08. The van der Waals surface area contributed by atoms with Crippen LogP contribution in [0.3, 0.4) is 0 Å². The number of rotatable bonds is 2. The highest BCUT2D eigenvalue weighted by molar-refractivity contribution is 6.16. The molecule has 0 aliphatic heterocycles. The molecule has 1 heterocycles. The highest BCUT2D eigenvalue weighted by Gasteiger charge is 2.21. The van der Waals surface area contributed by atoms with Crippen LogP contribution >= 0.6 is 0 Å². The first-order valence-electron chi connectivity index (χ1n) is 12.0. The molecule has 0 unspecified atom stereocenters. The summed E-state index contributed by atoms with van der Waals surface area (Å²) in [4.78, 5) is 0. The molecule has 7 aromatic rings. The van der Waals surface area contributed by atoms with E-state index in [4.69, 9.17) is 4.42 Å². The molecule has 0 saturated heterocycles. The fourth-order valence-electron chi connectivity index (χ4n) is 5.75. The highest BCUT2D eigenvalue weighted by Crippen LogP contribution is 2.48. The van der Waals surface area contributed by atoms with Crippen LogP contribution in [-0.4, -0.2) is 0 Å². The summed E-state index contributed by atoms with van der Waals surface area (Å²) in [6.07, 6.45) is 0. The molecule has 6 aromatic carbocycles.